The van der Waals surface area contributed by atoms with E-state index >= 15 is 0 Å². The molecule has 1 aliphatic rings. The second-order valence-corrected chi connectivity index (χ2v) is 5.47. The monoisotopic (exact) mass is 272 g/mol. The third kappa shape index (κ3) is 3.20. The second kappa shape index (κ2) is 6.48. The van der Waals surface area contributed by atoms with Gasteiger partial charge in [0.25, 0.3) is 0 Å². The average Bonchev–Trinajstić information content (AvgIpc) is 2.86. The Balaban J connectivity index is 2.73. The third-order valence-electron chi connectivity index (χ3n) is 3.84. The summed E-state index contributed by atoms with van der Waals surface area (Å²) in [5.41, 5.74) is 5.00. The molecule has 0 aromatic rings. The lowest BCUT2D eigenvalue weighted by molar-refractivity contribution is -0.139. The molecular weight excluding hydrogens is 248 g/mol. The first-order valence-electron chi connectivity index (χ1n) is 6.66. The van der Waals surface area contributed by atoms with Gasteiger partial charge in [0.15, 0.2) is 0 Å². The molecule has 0 radical (unpaired) electrons. The van der Waals surface area contributed by atoms with Crippen molar-refractivity contribution in [2.24, 2.45) is 11.1 Å². The predicted molar refractivity (Wildman–Crippen MR) is 76.4 cm³/mol. The number of hydrogen-bond acceptors (Lipinski definition) is 3. The lowest BCUT2D eigenvalue weighted by Gasteiger charge is -2.33. The summed E-state index contributed by atoms with van der Waals surface area (Å²) >= 11 is 5.05. The highest BCUT2D eigenvalue weighted by atomic mass is 32.1. The number of thiocarbonyl (C=S) groups is 1. The van der Waals surface area contributed by atoms with Gasteiger partial charge in [-0.2, -0.15) is 0 Å². The van der Waals surface area contributed by atoms with Crippen LogP contribution in [-0.4, -0.2) is 41.6 Å². The van der Waals surface area contributed by atoms with E-state index in [1.165, 1.54) is 0 Å². The zero-order chi connectivity index (χ0) is 13.8. The van der Waals surface area contributed by atoms with E-state index in [0.717, 1.165) is 19.4 Å². The van der Waals surface area contributed by atoms with Crippen LogP contribution >= 0.6 is 12.2 Å². The molecule has 0 saturated carbocycles. The van der Waals surface area contributed by atoms with Crippen LogP contribution in [0.15, 0.2) is 0 Å². The van der Waals surface area contributed by atoms with Crippen molar-refractivity contribution in [2.45, 2.75) is 46.1 Å². The van der Waals surface area contributed by atoms with Gasteiger partial charge in [-0.3, -0.25) is 4.79 Å². The zero-order valence-electron chi connectivity index (χ0n) is 11.6. The van der Waals surface area contributed by atoms with Crippen LogP contribution in [0.4, 0.5) is 0 Å². The normalized spacial score (nSPS) is 22.5. The molecule has 5 heteroatoms. The Morgan fingerprint density at radius 3 is 2.61 bits per heavy atom. The predicted octanol–water partition coefficient (Wildman–Crippen LogP) is 1.72. The SMILES string of the molecule is CCN(CC1CCCO1)C(=O)C(C)(CC)C(N)=S. The molecule has 18 heavy (non-hydrogen) atoms. The van der Waals surface area contributed by atoms with Gasteiger partial charge in [-0.25, -0.2) is 0 Å². The number of amides is 1. The molecule has 4 nitrogen and oxygen atoms in total. The van der Waals surface area contributed by atoms with Gasteiger partial charge in [0.05, 0.1) is 16.5 Å². The number of hydrogen-bond donors (Lipinski definition) is 1. The molecule has 1 amide bonds. The highest BCUT2D eigenvalue weighted by molar-refractivity contribution is 7.80. The van der Waals surface area contributed by atoms with E-state index in [2.05, 4.69) is 0 Å². The van der Waals surface area contributed by atoms with Gasteiger partial charge in [0.2, 0.25) is 5.91 Å². The van der Waals surface area contributed by atoms with Crippen LogP contribution in [0.5, 0.6) is 0 Å². The number of likely N-dealkylation sites (N-methyl/N-ethyl adjacent to an activating group) is 1. The van der Waals surface area contributed by atoms with E-state index < -0.39 is 5.41 Å². The Hall–Kier alpha value is -0.680. The van der Waals surface area contributed by atoms with Crippen LogP contribution in [0.25, 0.3) is 0 Å². The Morgan fingerprint density at radius 2 is 2.22 bits per heavy atom. The maximum atomic E-state index is 12.6. The second-order valence-electron chi connectivity index (χ2n) is 5.03. The third-order valence-corrected chi connectivity index (χ3v) is 4.29. The maximum Gasteiger partial charge on any atom is 0.235 e. The van der Waals surface area contributed by atoms with Crippen LogP contribution in [0.3, 0.4) is 0 Å². The fourth-order valence-electron chi connectivity index (χ4n) is 2.17. The first kappa shape index (κ1) is 15.4. The first-order chi connectivity index (χ1) is 8.45. The van der Waals surface area contributed by atoms with Gasteiger partial charge in [0.1, 0.15) is 0 Å². The molecule has 0 aromatic heterocycles. The number of carbonyl (C=O) groups is 1. The van der Waals surface area contributed by atoms with Crippen LogP contribution in [0.2, 0.25) is 0 Å². The summed E-state index contributed by atoms with van der Waals surface area (Å²) in [5, 5.41) is 0. The van der Waals surface area contributed by atoms with E-state index in [0.29, 0.717) is 19.5 Å². The van der Waals surface area contributed by atoms with Crippen molar-refractivity contribution in [3.63, 3.8) is 0 Å². The maximum absolute atomic E-state index is 12.6. The molecular formula is C13H24N2O2S. The van der Waals surface area contributed by atoms with Crippen molar-refractivity contribution in [1.29, 1.82) is 0 Å². The quantitative estimate of drug-likeness (QED) is 0.748. The van der Waals surface area contributed by atoms with Gasteiger partial charge < -0.3 is 15.4 Å². The fourth-order valence-corrected chi connectivity index (χ4v) is 2.40. The van der Waals surface area contributed by atoms with Crippen molar-refractivity contribution in [2.75, 3.05) is 19.7 Å². The van der Waals surface area contributed by atoms with Gasteiger partial charge in [-0.15, -0.1) is 0 Å². The van der Waals surface area contributed by atoms with E-state index in [1.807, 2.05) is 25.7 Å². The standard InChI is InChI=1S/C13H24N2O2S/c1-4-13(3,11(14)18)12(16)15(5-2)9-10-7-6-8-17-10/h10H,4-9H2,1-3H3,(H2,14,18). The topological polar surface area (TPSA) is 55.6 Å². The molecule has 2 N–H and O–H groups in total. The molecule has 1 saturated heterocycles. The lowest BCUT2D eigenvalue weighted by atomic mass is 9.85. The van der Waals surface area contributed by atoms with Crippen molar-refractivity contribution in [3.05, 3.63) is 0 Å². The van der Waals surface area contributed by atoms with Gasteiger partial charge >= 0.3 is 0 Å². The smallest absolute Gasteiger partial charge is 0.235 e. The van der Waals surface area contributed by atoms with Gasteiger partial charge in [0, 0.05) is 19.7 Å². The number of nitrogens with zero attached hydrogens (tertiary/aromatic N) is 1. The first-order valence-corrected chi connectivity index (χ1v) is 7.07. The number of rotatable bonds is 6. The Labute approximate surface area is 115 Å². The van der Waals surface area contributed by atoms with Crippen LogP contribution < -0.4 is 5.73 Å². The molecule has 1 rings (SSSR count). The van der Waals surface area contributed by atoms with Crippen molar-refractivity contribution in [1.82, 2.24) is 4.90 Å². The Kier molecular flexibility index (Phi) is 5.53. The summed E-state index contributed by atoms with van der Waals surface area (Å²) in [4.78, 5) is 14.7. The highest BCUT2D eigenvalue weighted by Crippen LogP contribution is 2.25. The number of ether oxygens (including phenoxy) is 1. The molecule has 1 aliphatic heterocycles. The molecule has 1 fully saturated rings. The van der Waals surface area contributed by atoms with E-state index in [9.17, 15) is 4.79 Å². The Morgan fingerprint density at radius 1 is 1.56 bits per heavy atom. The summed E-state index contributed by atoms with van der Waals surface area (Å²) in [6, 6.07) is 0. The summed E-state index contributed by atoms with van der Waals surface area (Å²) in [5.74, 6) is 0.0236. The highest BCUT2D eigenvalue weighted by Gasteiger charge is 2.38. The zero-order valence-corrected chi connectivity index (χ0v) is 12.4. The van der Waals surface area contributed by atoms with E-state index in [-0.39, 0.29) is 17.0 Å². The molecule has 0 bridgehead atoms. The molecule has 0 aliphatic carbocycles. The molecule has 2 unspecified atom stereocenters. The molecule has 104 valence electrons. The van der Waals surface area contributed by atoms with Crippen LogP contribution in [-0.2, 0) is 9.53 Å². The van der Waals surface area contributed by atoms with Crippen LogP contribution in [0, 0.1) is 5.41 Å². The van der Waals surface area contributed by atoms with Gasteiger partial charge in [-0.05, 0) is 33.1 Å². The van der Waals surface area contributed by atoms with Crippen molar-refractivity contribution >= 4 is 23.1 Å². The fraction of sp³-hybridized carbons (Fsp3) is 0.846. The van der Waals surface area contributed by atoms with Crippen LogP contribution in [0.1, 0.15) is 40.0 Å². The molecule has 1 heterocycles. The largest absolute Gasteiger partial charge is 0.392 e. The van der Waals surface area contributed by atoms with Crippen molar-refractivity contribution < 1.29 is 9.53 Å². The van der Waals surface area contributed by atoms with Crippen molar-refractivity contribution in [3.8, 4) is 0 Å². The lowest BCUT2D eigenvalue weighted by Crippen LogP contribution is -2.50. The number of carbonyl (C=O) groups excluding carboxylic acids is 1. The number of nitrogens with two attached hydrogens (primary N) is 1. The average molecular weight is 272 g/mol. The minimum Gasteiger partial charge on any atom is -0.392 e. The van der Waals surface area contributed by atoms with E-state index in [1.54, 1.807) is 0 Å². The van der Waals surface area contributed by atoms with E-state index in [4.69, 9.17) is 22.7 Å². The summed E-state index contributed by atoms with van der Waals surface area (Å²) in [6.07, 6.45) is 2.90. The minimum absolute atomic E-state index is 0.0236. The molecule has 0 aromatic carbocycles. The summed E-state index contributed by atoms with van der Waals surface area (Å²) in [6.45, 7) is 7.86. The summed E-state index contributed by atoms with van der Waals surface area (Å²) in [7, 11) is 0. The Bertz CT molecular complexity index is 316. The molecule has 2 atom stereocenters. The van der Waals surface area contributed by atoms with Gasteiger partial charge in [-0.1, -0.05) is 19.1 Å². The summed E-state index contributed by atoms with van der Waals surface area (Å²) < 4.78 is 5.58. The molecule has 0 spiro atoms. The minimum atomic E-state index is -0.732.